The van der Waals surface area contributed by atoms with Crippen molar-refractivity contribution >= 4 is 17.7 Å². The van der Waals surface area contributed by atoms with Crippen molar-refractivity contribution in [2.24, 2.45) is 0 Å². The highest BCUT2D eigenvalue weighted by Gasteiger charge is 2.17. The van der Waals surface area contributed by atoms with Crippen molar-refractivity contribution in [3.05, 3.63) is 40.3 Å². The van der Waals surface area contributed by atoms with Gasteiger partial charge in [0.05, 0.1) is 6.61 Å². The predicted octanol–water partition coefficient (Wildman–Crippen LogP) is 1.74. The van der Waals surface area contributed by atoms with Gasteiger partial charge in [-0.15, -0.1) is 10.2 Å². The molecule has 2 heterocycles. The van der Waals surface area contributed by atoms with Crippen LogP contribution in [0.3, 0.4) is 0 Å². The fourth-order valence-electron chi connectivity index (χ4n) is 2.75. The van der Waals surface area contributed by atoms with E-state index in [4.69, 9.17) is 4.74 Å². The maximum atomic E-state index is 12.3. The number of nitrogens with zero attached hydrogens (tertiary/aromatic N) is 3. The molecule has 0 unspecified atom stereocenters. The Hall–Kier alpha value is -2.35. The summed E-state index contributed by atoms with van der Waals surface area (Å²) in [6, 6.07) is 7.32. The maximum Gasteiger partial charge on any atom is 0.273 e. The number of aromatic nitrogens is 3. The van der Waals surface area contributed by atoms with E-state index in [2.05, 4.69) is 15.2 Å². The molecule has 0 spiro atoms. The van der Waals surface area contributed by atoms with Gasteiger partial charge in [0.25, 0.3) is 5.56 Å². The molecule has 1 aromatic carbocycles. The zero-order valence-corrected chi connectivity index (χ0v) is 15.6. The zero-order chi connectivity index (χ0) is 18.4. The van der Waals surface area contributed by atoms with Crippen LogP contribution in [0.5, 0.6) is 5.75 Å². The van der Waals surface area contributed by atoms with Crippen molar-refractivity contribution in [3.8, 4) is 17.1 Å². The van der Waals surface area contributed by atoms with Gasteiger partial charge in [-0.1, -0.05) is 12.1 Å². The number of benzene rings is 1. The standard InChI is InChI=1S/C18H22N4O3S/c1-2-25-14-5-3-4-13(12-14)17-19-18(24)15(20-21-17)6-7-16(23)22-8-10-26-11-9-22/h3-5,12H,2,6-11H2,1H3,(H,19,21,24). The topological polar surface area (TPSA) is 88.2 Å². The number of ether oxygens (including phenoxy) is 1. The molecule has 7 nitrogen and oxygen atoms in total. The third-order valence-corrected chi connectivity index (χ3v) is 5.07. The first-order valence-corrected chi connectivity index (χ1v) is 9.87. The van der Waals surface area contributed by atoms with E-state index < -0.39 is 0 Å². The number of rotatable bonds is 6. The fraction of sp³-hybridized carbons (Fsp3) is 0.444. The van der Waals surface area contributed by atoms with E-state index in [9.17, 15) is 9.59 Å². The summed E-state index contributed by atoms with van der Waals surface area (Å²) in [5, 5.41) is 8.15. The number of carbonyl (C=O) groups is 1. The van der Waals surface area contributed by atoms with Crippen molar-refractivity contribution in [2.75, 3.05) is 31.2 Å². The highest BCUT2D eigenvalue weighted by Crippen LogP contribution is 2.20. The Labute approximate surface area is 156 Å². The Bertz CT molecular complexity index is 818. The van der Waals surface area contributed by atoms with E-state index in [1.54, 1.807) is 6.07 Å². The first kappa shape index (κ1) is 18.4. The third-order valence-electron chi connectivity index (χ3n) is 4.12. The first-order chi connectivity index (χ1) is 12.7. The number of amides is 1. The number of thioether (sulfide) groups is 1. The van der Waals surface area contributed by atoms with Crippen LogP contribution in [-0.4, -0.2) is 57.2 Å². The largest absolute Gasteiger partial charge is 0.494 e. The quantitative estimate of drug-likeness (QED) is 0.829. The molecule has 26 heavy (non-hydrogen) atoms. The van der Waals surface area contributed by atoms with Crippen LogP contribution in [0.4, 0.5) is 0 Å². The van der Waals surface area contributed by atoms with Gasteiger partial charge in [0.1, 0.15) is 11.4 Å². The van der Waals surface area contributed by atoms with Crippen LogP contribution in [0.15, 0.2) is 29.1 Å². The lowest BCUT2D eigenvalue weighted by Crippen LogP contribution is -2.38. The molecule has 1 aromatic heterocycles. The summed E-state index contributed by atoms with van der Waals surface area (Å²) in [6.07, 6.45) is 0.575. The van der Waals surface area contributed by atoms with E-state index >= 15 is 0 Å². The zero-order valence-electron chi connectivity index (χ0n) is 14.7. The van der Waals surface area contributed by atoms with Gasteiger partial charge in [0.15, 0.2) is 5.82 Å². The maximum absolute atomic E-state index is 12.3. The Kier molecular flexibility index (Phi) is 6.27. The van der Waals surface area contributed by atoms with Gasteiger partial charge in [-0.3, -0.25) is 9.59 Å². The Balaban J connectivity index is 1.66. The molecular weight excluding hydrogens is 352 g/mol. The second-order valence-electron chi connectivity index (χ2n) is 5.90. The predicted molar refractivity (Wildman–Crippen MR) is 101 cm³/mol. The summed E-state index contributed by atoms with van der Waals surface area (Å²) in [6.45, 7) is 4.03. The number of hydrogen-bond acceptors (Lipinski definition) is 6. The summed E-state index contributed by atoms with van der Waals surface area (Å²) in [4.78, 5) is 29.1. The molecule has 1 aliphatic heterocycles. The number of nitrogens with one attached hydrogen (secondary N) is 1. The number of aromatic amines is 1. The molecule has 0 atom stereocenters. The summed E-state index contributed by atoms with van der Waals surface area (Å²) in [5.41, 5.74) is 0.710. The number of H-pyrrole nitrogens is 1. The van der Waals surface area contributed by atoms with Crippen LogP contribution in [-0.2, 0) is 11.2 Å². The molecule has 2 aromatic rings. The lowest BCUT2D eigenvalue weighted by Gasteiger charge is -2.26. The monoisotopic (exact) mass is 374 g/mol. The summed E-state index contributed by atoms with van der Waals surface area (Å²) < 4.78 is 5.46. The van der Waals surface area contributed by atoms with Gasteiger partial charge in [-0.25, -0.2) is 0 Å². The molecular formula is C18H22N4O3S. The highest BCUT2D eigenvalue weighted by atomic mass is 32.2. The lowest BCUT2D eigenvalue weighted by molar-refractivity contribution is -0.130. The molecule has 1 aliphatic rings. The number of carbonyl (C=O) groups excluding carboxylic acids is 1. The molecule has 1 amide bonds. The Morgan fingerprint density at radius 1 is 1.31 bits per heavy atom. The number of hydrogen-bond donors (Lipinski definition) is 1. The van der Waals surface area contributed by atoms with E-state index in [0.717, 1.165) is 30.2 Å². The van der Waals surface area contributed by atoms with Crippen molar-refractivity contribution < 1.29 is 9.53 Å². The molecule has 0 aliphatic carbocycles. The van der Waals surface area contributed by atoms with E-state index in [-0.39, 0.29) is 23.6 Å². The molecule has 1 fully saturated rings. The molecule has 1 saturated heterocycles. The van der Waals surface area contributed by atoms with Gasteiger partial charge in [0.2, 0.25) is 5.91 Å². The van der Waals surface area contributed by atoms with Crippen molar-refractivity contribution in [3.63, 3.8) is 0 Å². The lowest BCUT2D eigenvalue weighted by atomic mass is 10.2. The summed E-state index contributed by atoms with van der Waals surface area (Å²) >= 11 is 1.86. The SMILES string of the molecule is CCOc1cccc(-c2nnc(CCC(=O)N3CCSCC3)c(=O)[nH]2)c1. The van der Waals surface area contributed by atoms with Crippen LogP contribution in [0.2, 0.25) is 0 Å². The average Bonchev–Trinajstić information content (AvgIpc) is 2.68. The van der Waals surface area contributed by atoms with Crippen LogP contribution in [0.25, 0.3) is 11.4 Å². The van der Waals surface area contributed by atoms with Crippen LogP contribution >= 0.6 is 11.8 Å². The van der Waals surface area contributed by atoms with Crippen LogP contribution in [0, 0.1) is 0 Å². The normalized spacial score (nSPS) is 14.3. The Morgan fingerprint density at radius 2 is 2.12 bits per heavy atom. The van der Waals surface area contributed by atoms with Crippen LogP contribution in [0.1, 0.15) is 19.0 Å². The fourth-order valence-corrected chi connectivity index (χ4v) is 3.65. The van der Waals surface area contributed by atoms with Gasteiger partial charge in [-0.2, -0.15) is 11.8 Å². The average molecular weight is 374 g/mol. The molecule has 0 radical (unpaired) electrons. The Morgan fingerprint density at radius 3 is 2.85 bits per heavy atom. The van der Waals surface area contributed by atoms with E-state index in [1.165, 1.54) is 0 Å². The van der Waals surface area contributed by atoms with Crippen molar-refractivity contribution in [1.29, 1.82) is 0 Å². The van der Waals surface area contributed by atoms with Gasteiger partial charge in [0, 0.05) is 43.0 Å². The molecule has 0 bridgehead atoms. The van der Waals surface area contributed by atoms with Gasteiger partial charge >= 0.3 is 0 Å². The van der Waals surface area contributed by atoms with Crippen molar-refractivity contribution in [2.45, 2.75) is 19.8 Å². The summed E-state index contributed by atoms with van der Waals surface area (Å²) in [7, 11) is 0. The van der Waals surface area contributed by atoms with E-state index in [0.29, 0.717) is 24.6 Å². The second kappa shape index (κ2) is 8.84. The smallest absolute Gasteiger partial charge is 0.273 e. The minimum atomic E-state index is -0.307. The van der Waals surface area contributed by atoms with Gasteiger partial charge < -0.3 is 14.6 Å². The highest BCUT2D eigenvalue weighted by molar-refractivity contribution is 7.99. The molecule has 0 saturated carbocycles. The first-order valence-electron chi connectivity index (χ1n) is 8.72. The van der Waals surface area contributed by atoms with Crippen molar-refractivity contribution in [1.82, 2.24) is 20.1 Å². The second-order valence-corrected chi connectivity index (χ2v) is 7.13. The number of aryl methyl sites for hydroxylation is 1. The minimum absolute atomic E-state index is 0.0694. The molecule has 8 heteroatoms. The molecule has 138 valence electrons. The van der Waals surface area contributed by atoms with E-state index in [1.807, 2.05) is 41.8 Å². The molecule has 3 rings (SSSR count). The summed E-state index contributed by atoms with van der Waals surface area (Å²) in [5.74, 6) is 3.12. The molecule has 1 N–H and O–H groups in total. The third kappa shape index (κ3) is 4.63. The van der Waals surface area contributed by atoms with Crippen LogP contribution < -0.4 is 10.3 Å². The van der Waals surface area contributed by atoms with Gasteiger partial charge in [-0.05, 0) is 19.1 Å². The minimum Gasteiger partial charge on any atom is -0.494 e.